The van der Waals surface area contributed by atoms with Gasteiger partial charge in [-0.15, -0.1) is 11.3 Å². The van der Waals surface area contributed by atoms with Crippen molar-refractivity contribution in [3.63, 3.8) is 0 Å². The molecule has 1 N–H and O–H groups in total. The molecule has 1 amide bonds. The van der Waals surface area contributed by atoms with Crippen LogP contribution in [0.5, 0.6) is 0 Å². The van der Waals surface area contributed by atoms with E-state index >= 15 is 0 Å². The number of nitrogens with one attached hydrogen (secondary N) is 1. The molecule has 0 aliphatic carbocycles. The van der Waals surface area contributed by atoms with Gasteiger partial charge in [-0.1, -0.05) is 48.0 Å². The number of para-hydroxylation sites is 1. The van der Waals surface area contributed by atoms with Gasteiger partial charge in [0.1, 0.15) is 16.5 Å². The second-order valence-electron chi connectivity index (χ2n) is 6.86. The highest BCUT2D eigenvalue weighted by atomic mass is 35.5. The highest BCUT2D eigenvalue weighted by Crippen LogP contribution is 2.15. The number of benzene rings is 3. The molecule has 0 fully saturated rings. The molecule has 0 aliphatic rings. The maximum Gasteiger partial charge on any atom is 0.273 e. The summed E-state index contributed by atoms with van der Waals surface area (Å²) in [4.78, 5) is 26.3. The minimum Gasteiger partial charge on any atom is -0.321 e. The van der Waals surface area contributed by atoms with E-state index in [0.29, 0.717) is 26.5 Å². The number of anilines is 1. The molecule has 162 valence electrons. The normalized spacial score (nSPS) is 12.2. The molecule has 1 heterocycles. The molecule has 33 heavy (non-hydrogen) atoms. The van der Waals surface area contributed by atoms with Crippen LogP contribution in [-0.4, -0.2) is 10.5 Å². The molecule has 4 rings (SSSR count). The van der Waals surface area contributed by atoms with E-state index in [0.717, 1.165) is 11.3 Å². The Morgan fingerprint density at radius 1 is 1.03 bits per heavy atom. The zero-order valence-electron chi connectivity index (χ0n) is 17.0. The molecule has 0 radical (unpaired) electrons. The van der Waals surface area contributed by atoms with Crippen molar-refractivity contribution in [1.82, 2.24) is 4.57 Å². The SMILES string of the molecule is N#CC(C(=O)Nc1ccc(F)cc1)=c1sc(=Cc2ccccc2Cl)c(=O)n1-c1ccccc1. The summed E-state index contributed by atoms with van der Waals surface area (Å²) in [6.45, 7) is 0. The Morgan fingerprint density at radius 3 is 2.36 bits per heavy atom. The molecule has 5 nitrogen and oxygen atoms in total. The lowest BCUT2D eigenvalue weighted by Gasteiger charge is -2.05. The fraction of sp³-hybridized carbons (Fsp3) is 0. The van der Waals surface area contributed by atoms with Gasteiger partial charge in [0.25, 0.3) is 11.5 Å². The first-order valence-electron chi connectivity index (χ1n) is 9.73. The summed E-state index contributed by atoms with van der Waals surface area (Å²) in [6.07, 6.45) is 1.63. The standard InChI is InChI=1S/C25H15ClFN3O2S/c26-21-9-5-4-6-16(21)14-22-24(32)30(19-7-2-1-3-8-19)25(33-22)20(15-28)23(31)29-18-12-10-17(27)11-13-18/h1-14H,(H,29,31). The Balaban J connectivity index is 1.95. The van der Waals surface area contributed by atoms with Crippen molar-refractivity contribution < 1.29 is 9.18 Å². The molecule has 0 saturated carbocycles. The maximum absolute atomic E-state index is 13.3. The number of halogens is 2. The zero-order chi connectivity index (χ0) is 23.4. The van der Waals surface area contributed by atoms with Gasteiger partial charge in [0.2, 0.25) is 0 Å². The molecular weight excluding hydrogens is 461 g/mol. The van der Waals surface area contributed by atoms with Crippen molar-refractivity contribution in [3.05, 3.63) is 115 Å². The summed E-state index contributed by atoms with van der Waals surface area (Å²) in [5.41, 5.74) is 0.836. The van der Waals surface area contributed by atoms with Crippen LogP contribution in [0, 0.1) is 17.1 Å². The van der Waals surface area contributed by atoms with Crippen molar-refractivity contribution in [2.45, 2.75) is 0 Å². The lowest BCUT2D eigenvalue weighted by atomic mass is 10.2. The number of rotatable bonds is 4. The number of carbonyl (C=O) groups is 1. The van der Waals surface area contributed by atoms with Gasteiger partial charge >= 0.3 is 0 Å². The average molecular weight is 476 g/mol. The van der Waals surface area contributed by atoms with Crippen LogP contribution in [0.1, 0.15) is 5.56 Å². The number of nitrogens with zero attached hydrogens (tertiary/aromatic N) is 2. The summed E-state index contributed by atoms with van der Waals surface area (Å²) in [6, 6.07) is 22.9. The van der Waals surface area contributed by atoms with E-state index in [1.807, 2.05) is 6.07 Å². The molecule has 8 heteroatoms. The summed E-state index contributed by atoms with van der Waals surface area (Å²) >= 11 is 7.26. The van der Waals surface area contributed by atoms with E-state index < -0.39 is 11.7 Å². The fourth-order valence-corrected chi connectivity index (χ4v) is 4.40. The smallest absolute Gasteiger partial charge is 0.273 e. The molecular formula is C25H15ClFN3O2S. The molecule has 0 atom stereocenters. The molecule has 0 unspecified atom stereocenters. The van der Waals surface area contributed by atoms with Crippen LogP contribution in [0.4, 0.5) is 10.1 Å². The quantitative estimate of drug-likeness (QED) is 0.487. The second kappa shape index (κ2) is 9.65. The van der Waals surface area contributed by atoms with E-state index in [9.17, 15) is 19.2 Å². The minimum atomic E-state index is -0.709. The van der Waals surface area contributed by atoms with Crippen molar-refractivity contribution in [3.8, 4) is 11.8 Å². The summed E-state index contributed by atoms with van der Waals surface area (Å²) in [5, 5.41) is 12.9. The van der Waals surface area contributed by atoms with Crippen LogP contribution in [0.25, 0.3) is 17.3 Å². The van der Waals surface area contributed by atoms with E-state index in [-0.39, 0.29) is 15.8 Å². The van der Waals surface area contributed by atoms with Crippen molar-refractivity contribution in [2.75, 3.05) is 5.32 Å². The zero-order valence-corrected chi connectivity index (χ0v) is 18.5. The Labute approximate surface area is 196 Å². The molecule has 0 bridgehead atoms. The van der Waals surface area contributed by atoms with E-state index in [4.69, 9.17) is 11.6 Å². The van der Waals surface area contributed by atoms with Crippen molar-refractivity contribution in [2.24, 2.45) is 0 Å². The lowest BCUT2D eigenvalue weighted by molar-refractivity contribution is -0.111. The summed E-state index contributed by atoms with van der Waals surface area (Å²) in [5.74, 6) is -1.16. The molecule has 1 aromatic heterocycles. The topological polar surface area (TPSA) is 74.9 Å². The lowest BCUT2D eigenvalue weighted by Crippen LogP contribution is -2.32. The number of aromatic nitrogens is 1. The van der Waals surface area contributed by atoms with Crippen molar-refractivity contribution in [1.29, 1.82) is 5.26 Å². The largest absolute Gasteiger partial charge is 0.321 e. The van der Waals surface area contributed by atoms with Gasteiger partial charge in [-0.3, -0.25) is 14.2 Å². The predicted molar refractivity (Wildman–Crippen MR) is 128 cm³/mol. The third-order valence-corrected chi connectivity index (χ3v) is 6.12. The first-order chi connectivity index (χ1) is 16.0. The minimum absolute atomic E-state index is 0.173. The highest BCUT2D eigenvalue weighted by Gasteiger charge is 2.17. The van der Waals surface area contributed by atoms with Gasteiger partial charge in [-0.2, -0.15) is 5.26 Å². The van der Waals surface area contributed by atoms with Crippen LogP contribution in [0.3, 0.4) is 0 Å². The number of carbonyl (C=O) groups excluding carboxylic acids is 1. The van der Waals surface area contributed by atoms with Gasteiger partial charge in [-0.25, -0.2) is 4.39 Å². The third kappa shape index (κ3) is 4.77. The summed E-state index contributed by atoms with van der Waals surface area (Å²) < 4.78 is 15.0. The van der Waals surface area contributed by atoms with Gasteiger partial charge in [0, 0.05) is 10.7 Å². The molecule has 0 aliphatic heterocycles. The van der Waals surface area contributed by atoms with Crippen molar-refractivity contribution >= 4 is 46.2 Å². The Kier molecular flexibility index (Phi) is 6.50. The predicted octanol–water partition coefficient (Wildman–Crippen LogP) is 3.83. The Bertz CT molecular complexity index is 1550. The van der Waals surface area contributed by atoms with Gasteiger partial charge in [0.15, 0.2) is 5.57 Å². The van der Waals surface area contributed by atoms with E-state index in [1.54, 1.807) is 60.7 Å². The number of nitriles is 1. The van der Waals surface area contributed by atoms with Crippen LogP contribution in [0.15, 0.2) is 83.7 Å². The first-order valence-corrected chi connectivity index (χ1v) is 10.9. The van der Waals surface area contributed by atoms with Crippen LogP contribution < -0.4 is 20.1 Å². The van der Waals surface area contributed by atoms with Crippen LogP contribution in [0.2, 0.25) is 5.02 Å². The molecule has 0 saturated heterocycles. The number of hydrogen-bond acceptors (Lipinski definition) is 4. The third-order valence-electron chi connectivity index (χ3n) is 4.68. The van der Waals surface area contributed by atoms with Gasteiger partial charge in [0.05, 0.1) is 10.2 Å². The van der Waals surface area contributed by atoms with Crippen LogP contribution in [-0.2, 0) is 4.79 Å². The number of hydrogen-bond donors (Lipinski definition) is 1. The number of thiazole rings is 1. The fourth-order valence-electron chi connectivity index (χ4n) is 3.12. The average Bonchev–Trinajstić information content (AvgIpc) is 3.13. The summed E-state index contributed by atoms with van der Waals surface area (Å²) in [7, 11) is 0. The molecule has 3 aromatic carbocycles. The molecule has 0 spiro atoms. The number of amides is 1. The first kappa shape index (κ1) is 22.2. The highest BCUT2D eigenvalue weighted by molar-refractivity contribution is 7.07. The van der Waals surface area contributed by atoms with Gasteiger partial charge < -0.3 is 5.32 Å². The van der Waals surface area contributed by atoms with E-state index in [2.05, 4.69) is 5.32 Å². The van der Waals surface area contributed by atoms with Crippen LogP contribution >= 0.6 is 22.9 Å². The Morgan fingerprint density at radius 2 is 1.70 bits per heavy atom. The molecule has 4 aromatic rings. The second-order valence-corrected chi connectivity index (χ2v) is 8.30. The monoisotopic (exact) mass is 475 g/mol. The Hall–Kier alpha value is -3.99. The van der Waals surface area contributed by atoms with Gasteiger partial charge in [-0.05, 0) is 54.1 Å². The maximum atomic E-state index is 13.3. The van der Waals surface area contributed by atoms with E-state index in [1.165, 1.54) is 28.8 Å².